The van der Waals surface area contributed by atoms with E-state index in [9.17, 15) is 0 Å². The molecule has 0 aromatic rings. The lowest BCUT2D eigenvalue weighted by atomic mass is 9.86. The molecular weight excluding hydrogens is 216 g/mol. The molecule has 0 aromatic heterocycles. The van der Waals surface area contributed by atoms with Gasteiger partial charge in [0.25, 0.3) is 0 Å². The highest BCUT2D eigenvalue weighted by Gasteiger charge is 2.36. The molecule has 1 fully saturated rings. The summed E-state index contributed by atoms with van der Waals surface area (Å²) in [6.07, 6.45) is 1.16. The van der Waals surface area contributed by atoms with Crippen LogP contribution < -0.4 is 5.32 Å². The second-order valence-electron chi connectivity index (χ2n) is 5.39. The van der Waals surface area contributed by atoms with E-state index < -0.39 is 0 Å². The normalized spacial score (nSPS) is 25.1. The van der Waals surface area contributed by atoms with Crippen molar-refractivity contribution >= 4 is 0 Å². The number of hydrogen-bond donors (Lipinski definition) is 1. The summed E-state index contributed by atoms with van der Waals surface area (Å²) >= 11 is 0. The lowest BCUT2D eigenvalue weighted by Gasteiger charge is -2.36. The molecule has 102 valence electrons. The van der Waals surface area contributed by atoms with E-state index in [1.54, 1.807) is 7.11 Å². The Morgan fingerprint density at radius 1 is 1.47 bits per heavy atom. The molecule has 4 heteroatoms. The zero-order valence-electron chi connectivity index (χ0n) is 11.8. The zero-order valence-corrected chi connectivity index (χ0v) is 11.8. The summed E-state index contributed by atoms with van der Waals surface area (Å²) in [5, 5.41) is 3.31. The van der Waals surface area contributed by atoms with E-state index in [-0.39, 0.29) is 5.41 Å². The third-order valence-electron chi connectivity index (χ3n) is 3.59. The van der Waals surface area contributed by atoms with Crippen molar-refractivity contribution in [3.8, 4) is 0 Å². The first-order valence-corrected chi connectivity index (χ1v) is 6.59. The van der Waals surface area contributed by atoms with Crippen molar-refractivity contribution in [3.63, 3.8) is 0 Å². The van der Waals surface area contributed by atoms with Crippen LogP contribution in [-0.2, 0) is 9.47 Å². The topological polar surface area (TPSA) is 33.7 Å². The molecule has 1 aliphatic heterocycles. The van der Waals surface area contributed by atoms with E-state index in [1.807, 2.05) is 7.05 Å². The Morgan fingerprint density at radius 2 is 2.24 bits per heavy atom. The van der Waals surface area contributed by atoms with Crippen molar-refractivity contribution in [2.24, 2.45) is 5.41 Å². The van der Waals surface area contributed by atoms with Gasteiger partial charge in [-0.25, -0.2) is 0 Å². The highest BCUT2D eigenvalue weighted by molar-refractivity contribution is 4.88. The standard InChI is InChI=1S/C13H28N2O2/c1-12(2)15(6-8-16-4)10-13(9-14-3)5-7-17-11-13/h12,14H,5-11H2,1-4H3. The van der Waals surface area contributed by atoms with Gasteiger partial charge in [0, 0.05) is 44.8 Å². The summed E-state index contributed by atoms with van der Waals surface area (Å²) in [6, 6.07) is 0.555. The van der Waals surface area contributed by atoms with Gasteiger partial charge in [-0.2, -0.15) is 0 Å². The summed E-state index contributed by atoms with van der Waals surface area (Å²) in [4.78, 5) is 2.50. The molecule has 1 rings (SSSR count). The van der Waals surface area contributed by atoms with Crippen LogP contribution in [0, 0.1) is 5.41 Å². The number of rotatable bonds is 8. The van der Waals surface area contributed by atoms with E-state index in [0.29, 0.717) is 6.04 Å². The Morgan fingerprint density at radius 3 is 2.71 bits per heavy atom. The smallest absolute Gasteiger partial charge is 0.0589 e. The predicted molar refractivity (Wildman–Crippen MR) is 70.4 cm³/mol. The summed E-state index contributed by atoms with van der Waals surface area (Å²) in [5.41, 5.74) is 0.284. The Kier molecular flexibility index (Phi) is 6.41. The summed E-state index contributed by atoms with van der Waals surface area (Å²) < 4.78 is 10.8. The van der Waals surface area contributed by atoms with Gasteiger partial charge in [0.1, 0.15) is 0 Å². The van der Waals surface area contributed by atoms with Crippen molar-refractivity contribution in [3.05, 3.63) is 0 Å². The van der Waals surface area contributed by atoms with Crippen molar-refractivity contribution in [2.45, 2.75) is 26.3 Å². The van der Waals surface area contributed by atoms with Crippen molar-refractivity contribution < 1.29 is 9.47 Å². The minimum atomic E-state index is 0.284. The second-order valence-corrected chi connectivity index (χ2v) is 5.39. The molecule has 0 bridgehead atoms. The number of ether oxygens (including phenoxy) is 2. The molecule has 0 spiro atoms. The number of nitrogens with zero attached hydrogens (tertiary/aromatic N) is 1. The first-order chi connectivity index (χ1) is 8.13. The molecule has 1 atom stereocenters. The lowest BCUT2D eigenvalue weighted by molar-refractivity contribution is 0.0717. The third kappa shape index (κ3) is 4.54. The van der Waals surface area contributed by atoms with Crippen molar-refractivity contribution in [1.82, 2.24) is 10.2 Å². The number of hydrogen-bond acceptors (Lipinski definition) is 4. The van der Waals surface area contributed by atoms with Crippen LogP contribution in [0.3, 0.4) is 0 Å². The van der Waals surface area contributed by atoms with Gasteiger partial charge in [-0.05, 0) is 27.3 Å². The Hall–Kier alpha value is -0.160. The van der Waals surface area contributed by atoms with Crippen LogP contribution in [-0.4, -0.2) is 64.6 Å². The van der Waals surface area contributed by atoms with Crippen LogP contribution in [0.1, 0.15) is 20.3 Å². The van der Waals surface area contributed by atoms with Crippen LogP contribution in [0.4, 0.5) is 0 Å². The molecule has 1 N–H and O–H groups in total. The van der Waals surface area contributed by atoms with E-state index in [0.717, 1.165) is 45.9 Å². The zero-order chi connectivity index (χ0) is 12.7. The Bertz CT molecular complexity index is 204. The molecule has 17 heavy (non-hydrogen) atoms. The fourth-order valence-corrected chi connectivity index (χ4v) is 2.50. The van der Waals surface area contributed by atoms with E-state index in [2.05, 4.69) is 24.1 Å². The largest absolute Gasteiger partial charge is 0.383 e. The molecule has 4 nitrogen and oxygen atoms in total. The number of nitrogens with one attached hydrogen (secondary N) is 1. The first kappa shape index (κ1) is 14.9. The Balaban J connectivity index is 2.55. The van der Waals surface area contributed by atoms with Crippen LogP contribution in [0.2, 0.25) is 0 Å². The summed E-state index contributed by atoms with van der Waals surface area (Å²) in [5.74, 6) is 0. The molecule has 1 heterocycles. The quantitative estimate of drug-likeness (QED) is 0.690. The molecule has 0 amide bonds. The van der Waals surface area contributed by atoms with Crippen molar-refractivity contribution in [1.29, 1.82) is 0 Å². The predicted octanol–water partition coefficient (Wildman–Crippen LogP) is 0.969. The highest BCUT2D eigenvalue weighted by atomic mass is 16.5. The maximum Gasteiger partial charge on any atom is 0.0589 e. The van der Waals surface area contributed by atoms with E-state index >= 15 is 0 Å². The monoisotopic (exact) mass is 244 g/mol. The maximum absolute atomic E-state index is 5.60. The van der Waals surface area contributed by atoms with Gasteiger partial charge >= 0.3 is 0 Å². The van der Waals surface area contributed by atoms with Crippen LogP contribution in [0.15, 0.2) is 0 Å². The Labute approximate surface area is 106 Å². The molecule has 0 saturated carbocycles. The SMILES string of the molecule is CNCC1(CN(CCOC)C(C)C)CCOC1. The van der Waals surface area contributed by atoms with Crippen LogP contribution in [0.25, 0.3) is 0 Å². The van der Waals surface area contributed by atoms with E-state index in [4.69, 9.17) is 9.47 Å². The minimum Gasteiger partial charge on any atom is -0.383 e. The van der Waals surface area contributed by atoms with Gasteiger partial charge in [-0.15, -0.1) is 0 Å². The van der Waals surface area contributed by atoms with Gasteiger partial charge in [0.15, 0.2) is 0 Å². The molecule has 1 aliphatic rings. The summed E-state index contributed by atoms with van der Waals surface area (Å²) in [7, 11) is 3.79. The fourth-order valence-electron chi connectivity index (χ4n) is 2.50. The van der Waals surface area contributed by atoms with Gasteiger partial charge < -0.3 is 14.8 Å². The fraction of sp³-hybridized carbons (Fsp3) is 1.00. The summed E-state index contributed by atoms with van der Waals surface area (Å²) in [6.45, 7) is 10.2. The maximum atomic E-state index is 5.60. The molecule has 0 aliphatic carbocycles. The average Bonchev–Trinajstić information content (AvgIpc) is 2.73. The third-order valence-corrected chi connectivity index (χ3v) is 3.59. The van der Waals surface area contributed by atoms with Crippen LogP contribution >= 0.6 is 0 Å². The first-order valence-electron chi connectivity index (χ1n) is 6.59. The molecular formula is C13H28N2O2. The van der Waals surface area contributed by atoms with E-state index in [1.165, 1.54) is 0 Å². The van der Waals surface area contributed by atoms with Gasteiger partial charge in [-0.1, -0.05) is 0 Å². The molecule has 1 saturated heterocycles. The van der Waals surface area contributed by atoms with Gasteiger partial charge in [-0.3, -0.25) is 4.90 Å². The second kappa shape index (κ2) is 7.31. The van der Waals surface area contributed by atoms with Crippen molar-refractivity contribution in [2.75, 3.05) is 53.6 Å². The molecule has 0 radical (unpaired) electrons. The molecule has 0 aromatic carbocycles. The van der Waals surface area contributed by atoms with Gasteiger partial charge in [0.05, 0.1) is 13.2 Å². The van der Waals surface area contributed by atoms with Crippen LogP contribution in [0.5, 0.6) is 0 Å². The minimum absolute atomic E-state index is 0.284. The average molecular weight is 244 g/mol. The lowest BCUT2D eigenvalue weighted by Crippen LogP contribution is -2.47. The number of methoxy groups -OCH3 is 1. The highest BCUT2D eigenvalue weighted by Crippen LogP contribution is 2.29. The molecule has 1 unspecified atom stereocenters. The van der Waals surface area contributed by atoms with Gasteiger partial charge in [0.2, 0.25) is 0 Å².